The number of esters is 1. The number of piperidine rings is 1. The summed E-state index contributed by atoms with van der Waals surface area (Å²) >= 11 is 0. The van der Waals surface area contributed by atoms with Gasteiger partial charge in [-0.2, -0.15) is 0 Å². The lowest BCUT2D eigenvalue weighted by Gasteiger charge is -2.47. The van der Waals surface area contributed by atoms with E-state index in [-0.39, 0.29) is 43.4 Å². The summed E-state index contributed by atoms with van der Waals surface area (Å²) in [5.74, 6) is -7.65. The molecule has 3 aliphatic heterocycles. The first-order valence-electron chi connectivity index (χ1n) is 23.6. The number of aliphatic hydroxyl groups is 3. The molecule has 1 aromatic rings. The number of hydrogen-bond acceptors (Lipinski definition) is 12. The number of aliphatic hydroxyl groups excluding tert-OH is 2. The number of amides is 1. The Morgan fingerprint density at radius 2 is 1.61 bits per heavy atom. The maximum atomic E-state index is 14.5. The van der Waals surface area contributed by atoms with Gasteiger partial charge < -0.3 is 43.9 Å². The van der Waals surface area contributed by atoms with Crippen LogP contribution in [0.25, 0.3) is 6.08 Å². The van der Waals surface area contributed by atoms with Gasteiger partial charge in [-0.1, -0.05) is 87.9 Å². The predicted molar refractivity (Wildman–Crippen MR) is 242 cm³/mol. The molecule has 4 aliphatic rings. The average molecular weight is 894 g/mol. The Morgan fingerprint density at radius 3 is 2.30 bits per heavy atom. The van der Waals surface area contributed by atoms with E-state index in [0.29, 0.717) is 63.5 Å². The topological polar surface area (TPSA) is 178 Å². The van der Waals surface area contributed by atoms with Gasteiger partial charge in [-0.3, -0.25) is 14.4 Å². The number of rotatable bonds is 9. The second kappa shape index (κ2) is 23.8. The van der Waals surface area contributed by atoms with Crippen LogP contribution in [0.15, 0.2) is 59.7 Å². The molecule has 1 amide bonds. The fourth-order valence-electron chi connectivity index (χ4n) is 10.2. The van der Waals surface area contributed by atoms with Crippen LogP contribution in [0.3, 0.4) is 0 Å². The highest BCUT2D eigenvalue weighted by atomic mass is 16.7. The number of ether oxygens (including phenoxy) is 5. The van der Waals surface area contributed by atoms with Crippen molar-refractivity contribution in [3.63, 3.8) is 0 Å². The summed E-state index contributed by atoms with van der Waals surface area (Å²) in [6, 6.07) is 8.73. The van der Waals surface area contributed by atoms with E-state index in [0.717, 1.165) is 11.1 Å². The second-order valence-corrected chi connectivity index (χ2v) is 19.1. The fourth-order valence-corrected chi connectivity index (χ4v) is 10.2. The Labute approximate surface area is 380 Å². The Morgan fingerprint density at radius 1 is 0.906 bits per heavy atom. The minimum atomic E-state index is -2.51. The molecule has 0 aromatic heterocycles. The summed E-state index contributed by atoms with van der Waals surface area (Å²) in [6.45, 7) is 11.6. The van der Waals surface area contributed by atoms with Crippen molar-refractivity contribution in [2.75, 3.05) is 27.4 Å². The van der Waals surface area contributed by atoms with Crippen LogP contribution in [0.5, 0.6) is 0 Å². The smallest absolute Gasteiger partial charge is 0.329 e. The number of allylic oxidation sites excluding steroid dienone is 3. The van der Waals surface area contributed by atoms with E-state index in [1.165, 1.54) is 19.1 Å². The first kappa shape index (κ1) is 51.4. The van der Waals surface area contributed by atoms with Gasteiger partial charge in [0.2, 0.25) is 5.79 Å². The fraction of sp³-hybridized carbons (Fsp3) is 0.686. The molecular formula is C51H75NO12. The summed E-state index contributed by atoms with van der Waals surface area (Å²) in [7, 11) is 3.07. The number of nitrogens with zero attached hydrogens (tertiary/aromatic N) is 1. The molecular weight excluding hydrogens is 819 g/mol. The second-order valence-electron chi connectivity index (χ2n) is 19.1. The lowest BCUT2D eigenvalue weighted by atomic mass is 9.81. The van der Waals surface area contributed by atoms with Crippen LogP contribution in [0.2, 0.25) is 0 Å². The van der Waals surface area contributed by atoms with Crippen molar-refractivity contribution in [1.82, 2.24) is 4.90 Å². The SMILES string of the molecule is CCC1/C=C(\C)CC(C)CC(OC)C2OC(O)(C(=O)C(=O)N3CCCCC3C(=O)OC(C(C)=CC3CCC(O)C(OCC=Cc4ccccc4)C3)C(C)C(O)CC1=O)C(C)CC2OC. The van der Waals surface area contributed by atoms with Crippen molar-refractivity contribution in [3.8, 4) is 0 Å². The van der Waals surface area contributed by atoms with Crippen LogP contribution in [-0.2, 0) is 42.9 Å². The van der Waals surface area contributed by atoms with E-state index >= 15 is 0 Å². The number of fused-ring (bicyclic) bond motifs is 3. The number of carbonyl (C=O) groups is 4. The third-order valence-corrected chi connectivity index (χ3v) is 14.1. The molecule has 64 heavy (non-hydrogen) atoms. The summed E-state index contributed by atoms with van der Waals surface area (Å²) in [5.41, 5.74) is 2.69. The molecule has 2 saturated heterocycles. The van der Waals surface area contributed by atoms with Gasteiger partial charge in [0.1, 0.15) is 24.0 Å². The third kappa shape index (κ3) is 12.9. The lowest BCUT2D eigenvalue weighted by Crippen LogP contribution is -2.64. The monoisotopic (exact) mass is 894 g/mol. The molecule has 356 valence electrons. The molecule has 1 aromatic carbocycles. The largest absolute Gasteiger partial charge is 0.456 e. The molecule has 1 aliphatic carbocycles. The van der Waals surface area contributed by atoms with E-state index < -0.39 is 90.0 Å². The van der Waals surface area contributed by atoms with Gasteiger partial charge in [-0.25, -0.2) is 4.79 Å². The van der Waals surface area contributed by atoms with Gasteiger partial charge in [-0.15, -0.1) is 0 Å². The quantitative estimate of drug-likeness (QED) is 0.139. The summed E-state index contributed by atoms with van der Waals surface area (Å²) < 4.78 is 30.5. The number of methoxy groups -OCH3 is 2. The maximum Gasteiger partial charge on any atom is 0.329 e. The molecule has 13 heteroatoms. The Bertz CT molecular complexity index is 1810. The maximum absolute atomic E-state index is 14.5. The number of benzene rings is 1. The number of cyclic esters (lactones) is 1. The Balaban J connectivity index is 1.46. The zero-order valence-corrected chi connectivity index (χ0v) is 39.4. The molecule has 5 rings (SSSR count). The molecule has 13 nitrogen and oxygen atoms in total. The summed E-state index contributed by atoms with van der Waals surface area (Å²) in [5, 5.41) is 34.8. The molecule has 3 N–H and O–H groups in total. The Hall–Kier alpha value is -3.56. The molecule has 0 spiro atoms. The van der Waals surface area contributed by atoms with Crippen LogP contribution < -0.4 is 0 Å². The van der Waals surface area contributed by atoms with E-state index in [1.807, 2.05) is 75.4 Å². The van der Waals surface area contributed by atoms with Gasteiger partial charge >= 0.3 is 5.97 Å². The van der Waals surface area contributed by atoms with Gasteiger partial charge in [0.15, 0.2) is 0 Å². The zero-order chi connectivity index (χ0) is 46.7. The van der Waals surface area contributed by atoms with Crippen LogP contribution in [0.4, 0.5) is 0 Å². The van der Waals surface area contributed by atoms with E-state index in [4.69, 9.17) is 23.7 Å². The predicted octanol–water partition coefficient (Wildman–Crippen LogP) is 6.56. The van der Waals surface area contributed by atoms with Gasteiger partial charge in [0.25, 0.3) is 11.7 Å². The van der Waals surface area contributed by atoms with Crippen molar-refractivity contribution in [3.05, 3.63) is 65.3 Å². The molecule has 2 bridgehead atoms. The van der Waals surface area contributed by atoms with Crippen molar-refractivity contribution in [1.29, 1.82) is 0 Å². The third-order valence-electron chi connectivity index (χ3n) is 14.1. The molecule has 14 unspecified atom stereocenters. The van der Waals surface area contributed by atoms with Crippen molar-refractivity contribution in [2.45, 2.75) is 167 Å². The lowest BCUT2D eigenvalue weighted by molar-refractivity contribution is -0.302. The highest BCUT2D eigenvalue weighted by molar-refractivity contribution is 6.39. The first-order chi connectivity index (χ1) is 30.5. The number of Topliss-reactive ketones (excluding diaryl/α,β-unsaturated/α-hetero) is 2. The van der Waals surface area contributed by atoms with E-state index in [9.17, 15) is 34.5 Å². The van der Waals surface area contributed by atoms with Crippen LogP contribution in [-0.4, -0.2) is 126 Å². The highest BCUT2D eigenvalue weighted by Gasteiger charge is 2.56. The summed E-state index contributed by atoms with van der Waals surface area (Å²) in [6.07, 6.45) is 7.23. The number of ketones is 2. The van der Waals surface area contributed by atoms with E-state index in [2.05, 4.69) is 6.92 Å². The average Bonchev–Trinajstić information content (AvgIpc) is 3.28. The van der Waals surface area contributed by atoms with Crippen LogP contribution >= 0.6 is 0 Å². The van der Waals surface area contributed by atoms with Crippen LogP contribution in [0.1, 0.15) is 118 Å². The molecule has 3 heterocycles. The molecule has 14 atom stereocenters. The van der Waals surface area contributed by atoms with Gasteiger partial charge in [-0.05, 0) is 101 Å². The number of hydrogen-bond donors (Lipinski definition) is 3. The van der Waals surface area contributed by atoms with Gasteiger partial charge in [0, 0.05) is 44.9 Å². The van der Waals surface area contributed by atoms with Crippen molar-refractivity contribution >= 4 is 29.5 Å². The molecule has 1 saturated carbocycles. The summed E-state index contributed by atoms with van der Waals surface area (Å²) in [4.78, 5) is 58.3. The zero-order valence-electron chi connectivity index (χ0n) is 39.4. The van der Waals surface area contributed by atoms with Gasteiger partial charge in [0.05, 0.1) is 37.1 Å². The van der Waals surface area contributed by atoms with Crippen molar-refractivity contribution < 1.29 is 58.2 Å². The number of carbonyl (C=O) groups excluding carboxylic acids is 4. The van der Waals surface area contributed by atoms with Crippen LogP contribution in [0, 0.1) is 29.6 Å². The molecule has 3 fully saturated rings. The molecule has 0 radical (unpaired) electrons. The standard InChI is InChI=1S/C51H75NO12/c1-9-38-25-31(2)24-32(3)26-44(60-7)47-45(61-8)28-34(5)51(59,64-47)48(56)49(57)52-22-14-13-19-39(52)50(58)63-46(35(6)41(54)30-42(38)55)33(4)27-37-20-21-40(53)43(29-37)62-23-15-18-36-16-11-10-12-17-36/h10-12,15-18,25,27,32,34-35,37-41,43-47,53-54,59H,9,13-14,19-24,26,28-30H2,1-8H3/b18-15?,31-25+,33-27?. The Kier molecular flexibility index (Phi) is 19.1. The van der Waals surface area contributed by atoms with Crippen molar-refractivity contribution in [2.24, 2.45) is 29.6 Å². The first-order valence-corrected chi connectivity index (χ1v) is 23.6. The minimum Gasteiger partial charge on any atom is -0.456 e. The normalized spacial score (nSPS) is 37.9. The highest BCUT2D eigenvalue weighted by Crippen LogP contribution is 2.39. The van der Waals surface area contributed by atoms with E-state index in [1.54, 1.807) is 13.8 Å². The minimum absolute atomic E-state index is 0.0259.